The van der Waals surface area contributed by atoms with Crippen LogP contribution in [0.1, 0.15) is 9.67 Å². The van der Waals surface area contributed by atoms with E-state index < -0.39 is 0 Å². The van der Waals surface area contributed by atoms with Gasteiger partial charge in [0.15, 0.2) is 4.80 Å². The molecule has 0 saturated heterocycles. The topological polar surface area (TPSA) is 34.4 Å². The number of fused-ring (bicyclic) bond motifs is 1. The number of thiazole rings is 1. The summed E-state index contributed by atoms with van der Waals surface area (Å²) in [6, 6.07) is 9.10. The van der Waals surface area contributed by atoms with E-state index in [4.69, 9.17) is 18.0 Å². The second-order valence-corrected chi connectivity index (χ2v) is 8.22. The van der Waals surface area contributed by atoms with Crippen molar-refractivity contribution in [2.75, 3.05) is 0 Å². The van der Waals surface area contributed by atoms with Gasteiger partial charge in [-0.1, -0.05) is 28.9 Å². The molecule has 0 spiro atoms. The van der Waals surface area contributed by atoms with Crippen molar-refractivity contribution in [2.45, 2.75) is 6.54 Å². The summed E-state index contributed by atoms with van der Waals surface area (Å²) in [6.45, 7) is 0.349. The number of thiophene rings is 1. The average molecular weight is 412 g/mol. The zero-order valence-corrected chi connectivity index (χ0v) is 15.0. The van der Waals surface area contributed by atoms with Crippen LogP contribution < -0.4 is 4.80 Å². The normalized spacial score (nSPS) is 11.8. The van der Waals surface area contributed by atoms with E-state index in [0.717, 1.165) is 14.0 Å². The molecule has 0 saturated carbocycles. The number of carbonyl (C=O) groups is 1. The second-order valence-electron chi connectivity index (χ2n) is 4.31. The summed E-state index contributed by atoms with van der Waals surface area (Å²) in [7, 11) is 0. The molecule has 1 amide bonds. The van der Waals surface area contributed by atoms with Gasteiger partial charge in [0, 0.05) is 5.02 Å². The van der Waals surface area contributed by atoms with Crippen molar-refractivity contribution in [1.29, 1.82) is 0 Å². The molecule has 0 unspecified atom stereocenters. The molecule has 3 rings (SSSR count). The number of carbonyl (C=O) groups excluding carboxylic acids is 1. The van der Waals surface area contributed by atoms with Crippen molar-refractivity contribution in [2.24, 2.45) is 4.99 Å². The summed E-state index contributed by atoms with van der Waals surface area (Å²) < 4.78 is 3.68. The zero-order valence-electron chi connectivity index (χ0n) is 11.0. The van der Waals surface area contributed by atoms with E-state index in [-0.39, 0.29) is 5.91 Å². The number of benzene rings is 1. The van der Waals surface area contributed by atoms with Crippen LogP contribution in [-0.2, 0) is 6.54 Å². The van der Waals surface area contributed by atoms with Crippen molar-refractivity contribution in [3.63, 3.8) is 0 Å². The number of aromatic nitrogens is 1. The van der Waals surface area contributed by atoms with Crippen molar-refractivity contribution < 1.29 is 4.79 Å². The Kier molecular flexibility index (Phi) is 4.50. The minimum absolute atomic E-state index is 0.279. The number of hydrogen-bond donors (Lipinski definition) is 0. The maximum atomic E-state index is 12.3. The quantitative estimate of drug-likeness (QED) is 0.569. The number of amides is 1. The van der Waals surface area contributed by atoms with Gasteiger partial charge >= 0.3 is 0 Å². The molecule has 0 radical (unpaired) electrons. The van der Waals surface area contributed by atoms with Crippen molar-refractivity contribution in [1.82, 2.24) is 4.57 Å². The van der Waals surface area contributed by atoms with Crippen LogP contribution in [0.2, 0.25) is 5.02 Å². The first-order valence-corrected chi connectivity index (χ1v) is 8.95. The van der Waals surface area contributed by atoms with E-state index in [1.165, 1.54) is 22.7 Å². The molecule has 0 atom stereocenters. The van der Waals surface area contributed by atoms with E-state index in [1.54, 1.807) is 12.1 Å². The highest BCUT2D eigenvalue weighted by Crippen LogP contribution is 2.24. The molecule has 0 bridgehead atoms. The van der Waals surface area contributed by atoms with Gasteiger partial charge in [-0.05, 0) is 46.3 Å². The molecule has 1 aromatic carbocycles. The fourth-order valence-electron chi connectivity index (χ4n) is 1.95. The molecule has 110 valence electrons. The van der Waals surface area contributed by atoms with E-state index in [2.05, 4.69) is 26.8 Å². The molecule has 0 aliphatic rings. The smallest absolute Gasteiger partial charge is 0.289 e. The van der Waals surface area contributed by atoms with E-state index >= 15 is 0 Å². The Morgan fingerprint density at radius 1 is 1.36 bits per heavy atom. The number of nitrogens with zero attached hydrogens (tertiary/aromatic N) is 2. The number of hydrogen-bond acceptors (Lipinski definition) is 3. The van der Waals surface area contributed by atoms with Gasteiger partial charge in [0.05, 0.1) is 25.4 Å². The van der Waals surface area contributed by atoms with Gasteiger partial charge in [0.1, 0.15) is 0 Å². The summed E-state index contributed by atoms with van der Waals surface area (Å²) in [4.78, 5) is 17.6. The second kappa shape index (κ2) is 6.39. The predicted octanol–water partition coefficient (Wildman–Crippen LogP) is 4.55. The third-order valence-corrected chi connectivity index (χ3v) is 5.76. The highest BCUT2D eigenvalue weighted by Gasteiger charge is 2.10. The first-order chi connectivity index (χ1) is 10.6. The Bertz CT molecular complexity index is 977. The zero-order chi connectivity index (χ0) is 15.7. The molecule has 3 aromatic rings. The van der Waals surface area contributed by atoms with Gasteiger partial charge in [-0.15, -0.1) is 17.8 Å². The fraction of sp³-hybridized carbons (Fsp3) is 0.0667. The van der Waals surface area contributed by atoms with E-state index in [9.17, 15) is 4.79 Å². The standard InChI is InChI=1S/C15H8BrClN2OS2/c1-2-7-19-10-4-3-9(17)8-12(10)22-15(19)18-14(20)11-5-6-13(16)21-11/h1,3-6,8H,7H2. The fourth-order valence-corrected chi connectivity index (χ4v) is 4.52. The van der Waals surface area contributed by atoms with Gasteiger partial charge in [0.2, 0.25) is 0 Å². The third kappa shape index (κ3) is 3.03. The summed E-state index contributed by atoms with van der Waals surface area (Å²) in [5, 5.41) is 0.640. The lowest BCUT2D eigenvalue weighted by Crippen LogP contribution is -2.16. The third-order valence-electron chi connectivity index (χ3n) is 2.88. The molecular formula is C15H8BrClN2OS2. The molecule has 0 aliphatic carbocycles. The Hall–Kier alpha value is -1.39. The monoisotopic (exact) mass is 410 g/mol. The Morgan fingerprint density at radius 3 is 2.86 bits per heavy atom. The lowest BCUT2D eigenvalue weighted by Gasteiger charge is -1.99. The van der Waals surface area contributed by atoms with Gasteiger partial charge in [0.25, 0.3) is 5.91 Å². The van der Waals surface area contributed by atoms with Crippen LogP contribution in [0.15, 0.2) is 39.1 Å². The maximum Gasteiger partial charge on any atom is 0.289 e. The molecular weight excluding hydrogens is 404 g/mol. The van der Waals surface area contributed by atoms with Crippen LogP contribution in [0.5, 0.6) is 0 Å². The molecule has 0 N–H and O–H groups in total. The minimum atomic E-state index is -0.279. The van der Waals surface area contributed by atoms with E-state index in [1.807, 2.05) is 22.8 Å². The summed E-state index contributed by atoms with van der Waals surface area (Å²) in [5.74, 6) is 2.32. The average Bonchev–Trinajstić information content (AvgIpc) is 3.04. The Labute approximate surface area is 148 Å². The van der Waals surface area contributed by atoms with E-state index in [0.29, 0.717) is 21.2 Å². The molecule has 0 fully saturated rings. The summed E-state index contributed by atoms with van der Waals surface area (Å²) >= 11 is 12.1. The highest BCUT2D eigenvalue weighted by molar-refractivity contribution is 9.11. The summed E-state index contributed by atoms with van der Waals surface area (Å²) in [6.07, 6.45) is 5.43. The largest absolute Gasteiger partial charge is 0.305 e. The molecule has 2 heterocycles. The van der Waals surface area contributed by atoms with Gasteiger partial charge < -0.3 is 4.57 Å². The van der Waals surface area contributed by atoms with Crippen molar-refractivity contribution in [3.8, 4) is 12.3 Å². The molecule has 7 heteroatoms. The Balaban J connectivity index is 2.17. The summed E-state index contributed by atoms with van der Waals surface area (Å²) in [5.41, 5.74) is 0.922. The SMILES string of the molecule is C#CCn1c(=NC(=O)c2ccc(Br)s2)sc2cc(Cl)ccc21. The van der Waals surface area contributed by atoms with Gasteiger partial charge in [-0.25, -0.2) is 0 Å². The number of halogens is 2. The molecule has 3 nitrogen and oxygen atoms in total. The van der Waals surface area contributed by atoms with Crippen LogP contribution in [0.25, 0.3) is 10.2 Å². The van der Waals surface area contributed by atoms with Crippen LogP contribution >= 0.6 is 50.2 Å². The highest BCUT2D eigenvalue weighted by atomic mass is 79.9. The molecule has 2 aromatic heterocycles. The van der Waals surface area contributed by atoms with Gasteiger partial charge in [-0.2, -0.15) is 4.99 Å². The number of rotatable bonds is 2. The lowest BCUT2D eigenvalue weighted by molar-refractivity contribution is 0.100. The molecule has 0 aliphatic heterocycles. The van der Waals surface area contributed by atoms with Crippen LogP contribution in [-0.4, -0.2) is 10.5 Å². The lowest BCUT2D eigenvalue weighted by atomic mass is 10.3. The van der Waals surface area contributed by atoms with Crippen LogP contribution in [0.3, 0.4) is 0 Å². The van der Waals surface area contributed by atoms with Crippen LogP contribution in [0.4, 0.5) is 0 Å². The first-order valence-electron chi connectivity index (χ1n) is 6.15. The van der Waals surface area contributed by atoms with Crippen molar-refractivity contribution >= 4 is 66.3 Å². The number of terminal acetylenes is 1. The van der Waals surface area contributed by atoms with Crippen molar-refractivity contribution in [3.05, 3.63) is 48.8 Å². The predicted molar refractivity (Wildman–Crippen MR) is 95.6 cm³/mol. The first kappa shape index (κ1) is 15.5. The molecule has 22 heavy (non-hydrogen) atoms. The van der Waals surface area contributed by atoms with Gasteiger partial charge in [-0.3, -0.25) is 4.79 Å². The maximum absolute atomic E-state index is 12.3. The van der Waals surface area contributed by atoms with Crippen LogP contribution in [0, 0.1) is 12.3 Å². The minimum Gasteiger partial charge on any atom is -0.305 e. The Morgan fingerprint density at radius 2 is 2.18 bits per heavy atom.